The second-order valence-electron chi connectivity index (χ2n) is 5.33. The highest BCUT2D eigenvalue weighted by atomic mass is 32.2. The maximum absolute atomic E-state index is 12.9. The lowest BCUT2D eigenvalue weighted by atomic mass is 9.95. The molecule has 1 aliphatic rings. The molecular weight excluding hydrogens is 297 g/mol. The maximum Gasteiger partial charge on any atom is 0.211 e. The largest absolute Gasteiger partial charge is 0.491 e. The summed E-state index contributed by atoms with van der Waals surface area (Å²) in [7, 11) is -1.69. The Morgan fingerprint density at radius 1 is 1.33 bits per heavy atom. The van der Waals surface area contributed by atoms with Gasteiger partial charge in [0.2, 0.25) is 10.0 Å². The van der Waals surface area contributed by atoms with Crippen molar-refractivity contribution in [1.29, 1.82) is 0 Å². The Hall–Kier alpha value is -1.18. The van der Waals surface area contributed by atoms with Crippen molar-refractivity contribution in [2.45, 2.75) is 18.4 Å². The number of rotatable bonds is 5. The van der Waals surface area contributed by atoms with Crippen LogP contribution < -0.4 is 4.74 Å². The maximum atomic E-state index is 12.9. The molecule has 1 heterocycles. The summed E-state index contributed by atoms with van der Waals surface area (Å²) in [5.41, 5.74) is -0.671. The zero-order valence-corrected chi connectivity index (χ0v) is 13.0. The number of hydrogen-bond donors (Lipinski definition) is 0. The monoisotopic (exact) mass is 317 g/mol. The van der Waals surface area contributed by atoms with Gasteiger partial charge in [-0.3, -0.25) is 0 Å². The molecule has 118 valence electrons. The molecule has 1 fully saturated rings. The third-order valence-corrected chi connectivity index (χ3v) is 4.97. The second-order valence-corrected chi connectivity index (χ2v) is 7.31. The van der Waals surface area contributed by atoms with E-state index in [2.05, 4.69) is 0 Å². The van der Waals surface area contributed by atoms with Gasteiger partial charge in [0, 0.05) is 20.2 Å². The first-order valence-electron chi connectivity index (χ1n) is 6.73. The molecular formula is C14H20FNO4S. The van der Waals surface area contributed by atoms with Crippen LogP contribution in [0.4, 0.5) is 4.39 Å². The number of methoxy groups -OCH3 is 1. The fourth-order valence-corrected chi connectivity index (χ4v) is 3.36. The number of halogens is 1. The molecule has 0 saturated carbocycles. The highest BCUT2D eigenvalue weighted by molar-refractivity contribution is 7.88. The summed E-state index contributed by atoms with van der Waals surface area (Å²) < 4.78 is 48.8. The van der Waals surface area contributed by atoms with Crippen molar-refractivity contribution in [3.8, 4) is 5.75 Å². The third kappa shape index (κ3) is 4.15. The van der Waals surface area contributed by atoms with Crippen LogP contribution in [-0.4, -0.2) is 51.4 Å². The van der Waals surface area contributed by atoms with Gasteiger partial charge < -0.3 is 9.47 Å². The highest BCUT2D eigenvalue weighted by Gasteiger charge is 2.39. The molecule has 1 aromatic rings. The van der Waals surface area contributed by atoms with Crippen molar-refractivity contribution in [2.24, 2.45) is 0 Å². The van der Waals surface area contributed by atoms with E-state index in [-0.39, 0.29) is 19.0 Å². The lowest BCUT2D eigenvalue weighted by molar-refractivity contribution is -0.0745. The summed E-state index contributed by atoms with van der Waals surface area (Å²) >= 11 is 0. The molecule has 0 radical (unpaired) electrons. The van der Waals surface area contributed by atoms with Crippen molar-refractivity contribution in [3.63, 3.8) is 0 Å². The highest BCUT2D eigenvalue weighted by Crippen LogP contribution is 2.27. The Morgan fingerprint density at radius 3 is 2.57 bits per heavy atom. The number of nitrogens with zero attached hydrogens (tertiary/aromatic N) is 1. The topological polar surface area (TPSA) is 55.8 Å². The minimum Gasteiger partial charge on any atom is -0.491 e. The smallest absolute Gasteiger partial charge is 0.211 e. The van der Waals surface area contributed by atoms with Crippen LogP contribution >= 0.6 is 0 Å². The summed E-state index contributed by atoms with van der Waals surface area (Å²) in [5.74, 6) is 0.203. The number of piperidine rings is 1. The predicted octanol–water partition coefficient (Wildman–Crippen LogP) is 1.65. The van der Waals surface area contributed by atoms with Crippen molar-refractivity contribution in [2.75, 3.05) is 33.1 Å². The lowest BCUT2D eigenvalue weighted by Crippen LogP contribution is -2.54. The van der Waals surface area contributed by atoms with Crippen molar-refractivity contribution >= 4 is 10.0 Å². The van der Waals surface area contributed by atoms with Crippen LogP contribution in [-0.2, 0) is 14.8 Å². The van der Waals surface area contributed by atoms with E-state index in [4.69, 9.17) is 9.47 Å². The van der Waals surface area contributed by atoms with Crippen LogP contribution in [0.15, 0.2) is 24.3 Å². The minimum absolute atomic E-state index is 0.223. The first-order valence-corrected chi connectivity index (χ1v) is 8.58. The molecule has 0 aliphatic carbocycles. The summed E-state index contributed by atoms with van der Waals surface area (Å²) in [5, 5.41) is 0. The molecule has 2 rings (SSSR count). The number of hydrogen-bond acceptors (Lipinski definition) is 4. The molecule has 0 spiro atoms. The van der Waals surface area contributed by atoms with E-state index in [1.165, 1.54) is 34.8 Å². The molecule has 1 aliphatic heterocycles. The Bertz CT molecular complexity index is 575. The zero-order valence-electron chi connectivity index (χ0n) is 12.2. The summed E-state index contributed by atoms with van der Waals surface area (Å²) in [4.78, 5) is 0. The van der Waals surface area contributed by atoms with Crippen LogP contribution in [0.1, 0.15) is 12.8 Å². The Labute approximate surface area is 124 Å². The van der Waals surface area contributed by atoms with Crippen LogP contribution in [0.25, 0.3) is 0 Å². The Morgan fingerprint density at radius 2 is 2.00 bits per heavy atom. The van der Waals surface area contributed by atoms with E-state index in [0.29, 0.717) is 18.7 Å². The van der Waals surface area contributed by atoms with Crippen LogP contribution in [0, 0.1) is 5.82 Å². The van der Waals surface area contributed by atoms with Gasteiger partial charge in [-0.15, -0.1) is 0 Å². The van der Waals surface area contributed by atoms with Gasteiger partial charge in [-0.2, -0.15) is 4.31 Å². The average Bonchev–Trinajstić information content (AvgIpc) is 2.46. The van der Waals surface area contributed by atoms with E-state index in [9.17, 15) is 12.8 Å². The summed E-state index contributed by atoms with van der Waals surface area (Å²) in [6.45, 7) is 0.991. The molecule has 21 heavy (non-hydrogen) atoms. The Kier molecular flexibility index (Phi) is 4.85. The molecule has 1 atom stereocenters. The van der Waals surface area contributed by atoms with Crippen LogP contribution in [0.2, 0.25) is 0 Å². The van der Waals surface area contributed by atoms with Crippen molar-refractivity contribution in [1.82, 2.24) is 4.31 Å². The second kappa shape index (κ2) is 6.29. The molecule has 0 amide bonds. The first kappa shape index (κ1) is 16.2. The van der Waals surface area contributed by atoms with Gasteiger partial charge in [-0.1, -0.05) is 0 Å². The van der Waals surface area contributed by atoms with E-state index < -0.39 is 15.6 Å². The lowest BCUT2D eigenvalue weighted by Gasteiger charge is -2.40. The molecule has 1 saturated heterocycles. The standard InChI is InChI=1S/C14H20FNO4S/c1-19-14(8-3-9-16(10-14)21(2,17)18)11-20-13-6-4-12(15)5-7-13/h4-7H,3,8-11H2,1-2H3/t14-/m0/s1. The quantitative estimate of drug-likeness (QED) is 0.828. The van der Waals surface area contributed by atoms with Gasteiger partial charge in [0.15, 0.2) is 0 Å². The third-order valence-electron chi connectivity index (χ3n) is 3.72. The van der Waals surface area contributed by atoms with E-state index >= 15 is 0 Å². The normalized spacial score (nSPS) is 24.0. The van der Waals surface area contributed by atoms with Gasteiger partial charge in [-0.05, 0) is 37.1 Å². The fourth-order valence-electron chi connectivity index (χ4n) is 2.43. The van der Waals surface area contributed by atoms with Gasteiger partial charge in [0.05, 0.1) is 6.26 Å². The summed E-state index contributed by atoms with van der Waals surface area (Å²) in [6.07, 6.45) is 2.63. The summed E-state index contributed by atoms with van der Waals surface area (Å²) in [6, 6.07) is 5.71. The molecule has 0 N–H and O–H groups in total. The van der Waals surface area contributed by atoms with Crippen molar-refractivity contribution < 1.29 is 22.3 Å². The predicted molar refractivity (Wildman–Crippen MR) is 77.3 cm³/mol. The van der Waals surface area contributed by atoms with E-state index in [1.807, 2.05) is 0 Å². The molecule has 0 bridgehead atoms. The number of benzene rings is 1. The Balaban J connectivity index is 2.05. The molecule has 0 aromatic heterocycles. The van der Waals surface area contributed by atoms with Gasteiger partial charge in [0.1, 0.15) is 23.8 Å². The van der Waals surface area contributed by atoms with Gasteiger partial charge in [0.25, 0.3) is 0 Å². The van der Waals surface area contributed by atoms with E-state index in [1.54, 1.807) is 7.11 Å². The van der Waals surface area contributed by atoms with Gasteiger partial charge >= 0.3 is 0 Å². The van der Waals surface area contributed by atoms with Crippen LogP contribution in [0.3, 0.4) is 0 Å². The SMILES string of the molecule is CO[C@@]1(COc2ccc(F)cc2)CCCN(S(C)(=O)=O)C1. The van der Waals surface area contributed by atoms with Crippen LogP contribution in [0.5, 0.6) is 5.75 Å². The fraction of sp³-hybridized carbons (Fsp3) is 0.571. The minimum atomic E-state index is -3.25. The number of ether oxygens (including phenoxy) is 2. The average molecular weight is 317 g/mol. The zero-order chi connectivity index (χ0) is 15.5. The molecule has 5 nitrogen and oxygen atoms in total. The molecule has 0 unspecified atom stereocenters. The molecule has 7 heteroatoms. The number of sulfonamides is 1. The van der Waals surface area contributed by atoms with Crippen molar-refractivity contribution in [3.05, 3.63) is 30.1 Å². The first-order chi connectivity index (χ1) is 9.85. The molecule has 1 aromatic carbocycles. The van der Waals surface area contributed by atoms with Gasteiger partial charge in [-0.25, -0.2) is 12.8 Å². The van der Waals surface area contributed by atoms with E-state index in [0.717, 1.165) is 6.42 Å².